The molecule has 0 saturated carbocycles. The molecule has 1 saturated heterocycles. The molecule has 5 nitrogen and oxygen atoms in total. The van der Waals surface area contributed by atoms with Crippen LogP contribution in [-0.2, 0) is 4.74 Å². The zero-order valence-electron chi connectivity index (χ0n) is 11.8. The summed E-state index contributed by atoms with van der Waals surface area (Å²) in [6, 6.07) is -0.173. The van der Waals surface area contributed by atoms with Crippen molar-refractivity contribution < 1.29 is 9.26 Å². The molecule has 2 N–H and O–H groups in total. The summed E-state index contributed by atoms with van der Waals surface area (Å²) in [5, 5.41) is 4.01. The van der Waals surface area contributed by atoms with Gasteiger partial charge in [-0.05, 0) is 25.7 Å². The van der Waals surface area contributed by atoms with Gasteiger partial charge in [-0.15, -0.1) is 0 Å². The quantitative estimate of drug-likeness (QED) is 0.894. The molecule has 1 aliphatic heterocycles. The van der Waals surface area contributed by atoms with E-state index in [9.17, 15) is 0 Å². The minimum absolute atomic E-state index is 0.110. The van der Waals surface area contributed by atoms with E-state index >= 15 is 0 Å². The largest absolute Gasteiger partial charge is 0.374 e. The van der Waals surface area contributed by atoms with Crippen molar-refractivity contribution in [2.24, 2.45) is 17.6 Å². The highest BCUT2D eigenvalue weighted by Crippen LogP contribution is 2.39. The van der Waals surface area contributed by atoms with E-state index in [0.717, 1.165) is 0 Å². The molecule has 18 heavy (non-hydrogen) atoms. The molecule has 5 heteroatoms. The van der Waals surface area contributed by atoms with Gasteiger partial charge in [0.1, 0.15) is 0 Å². The number of nitrogens with zero attached hydrogens (tertiary/aromatic N) is 2. The average molecular weight is 253 g/mol. The van der Waals surface area contributed by atoms with Crippen molar-refractivity contribution in [2.45, 2.75) is 58.8 Å². The number of aromatic nitrogens is 2. The molecule has 0 radical (unpaired) electrons. The number of hydrogen-bond acceptors (Lipinski definition) is 5. The van der Waals surface area contributed by atoms with Crippen LogP contribution in [0.25, 0.3) is 0 Å². The van der Waals surface area contributed by atoms with Crippen LogP contribution in [0.5, 0.6) is 0 Å². The summed E-state index contributed by atoms with van der Waals surface area (Å²) in [6.45, 7) is 10.4. The fourth-order valence-electron chi connectivity index (χ4n) is 2.51. The molecule has 5 unspecified atom stereocenters. The van der Waals surface area contributed by atoms with E-state index < -0.39 is 0 Å². The van der Waals surface area contributed by atoms with Gasteiger partial charge in [0.25, 0.3) is 0 Å². The van der Waals surface area contributed by atoms with Crippen LogP contribution in [-0.4, -0.2) is 22.3 Å². The summed E-state index contributed by atoms with van der Waals surface area (Å²) in [6.07, 6.45) is 0.331. The number of ether oxygens (including phenoxy) is 1. The van der Waals surface area contributed by atoms with Crippen molar-refractivity contribution in [1.29, 1.82) is 0 Å². The van der Waals surface area contributed by atoms with Gasteiger partial charge in [-0.3, -0.25) is 0 Å². The molecule has 1 aromatic rings. The lowest BCUT2D eigenvalue weighted by molar-refractivity contribution is 0.0542. The minimum Gasteiger partial charge on any atom is -0.374 e. The summed E-state index contributed by atoms with van der Waals surface area (Å²) < 4.78 is 11.2. The van der Waals surface area contributed by atoms with E-state index in [-0.39, 0.29) is 24.2 Å². The molecule has 0 aliphatic carbocycles. The van der Waals surface area contributed by atoms with Crippen molar-refractivity contribution in [3.05, 3.63) is 11.7 Å². The molecule has 0 aromatic carbocycles. The summed E-state index contributed by atoms with van der Waals surface area (Å²) >= 11 is 0. The Hall–Kier alpha value is -0.940. The first-order valence-electron chi connectivity index (χ1n) is 6.66. The van der Waals surface area contributed by atoms with Crippen LogP contribution in [0.3, 0.4) is 0 Å². The first-order chi connectivity index (χ1) is 8.41. The number of nitrogens with two attached hydrogens (primary N) is 1. The zero-order valence-corrected chi connectivity index (χ0v) is 11.8. The lowest BCUT2D eigenvalue weighted by Crippen LogP contribution is -2.19. The Morgan fingerprint density at radius 2 is 1.83 bits per heavy atom. The van der Waals surface area contributed by atoms with E-state index in [2.05, 4.69) is 30.9 Å². The van der Waals surface area contributed by atoms with Crippen LogP contribution in [0.4, 0.5) is 0 Å². The molecule has 1 fully saturated rings. The Labute approximate surface area is 108 Å². The predicted octanol–water partition coefficient (Wildman–Crippen LogP) is 2.25. The monoisotopic (exact) mass is 253 g/mol. The van der Waals surface area contributed by atoms with Gasteiger partial charge in [0, 0.05) is 0 Å². The maximum absolute atomic E-state index is 6.03. The summed E-state index contributed by atoms with van der Waals surface area (Å²) in [5.74, 6) is 2.10. The molecule has 2 heterocycles. The number of rotatable bonds is 3. The molecule has 1 aromatic heterocycles. The van der Waals surface area contributed by atoms with Crippen LogP contribution >= 0.6 is 0 Å². The lowest BCUT2D eigenvalue weighted by Gasteiger charge is -2.13. The van der Waals surface area contributed by atoms with Crippen LogP contribution in [0, 0.1) is 11.8 Å². The molecular weight excluding hydrogens is 230 g/mol. The maximum atomic E-state index is 6.03. The first kappa shape index (κ1) is 13.5. The Kier molecular flexibility index (Phi) is 3.73. The minimum atomic E-state index is -0.173. The fraction of sp³-hybridized carbons (Fsp3) is 0.846. The zero-order chi connectivity index (χ0) is 13.4. The Morgan fingerprint density at radius 3 is 2.33 bits per heavy atom. The van der Waals surface area contributed by atoms with Gasteiger partial charge in [0.05, 0.1) is 24.2 Å². The molecule has 0 bridgehead atoms. The van der Waals surface area contributed by atoms with E-state index in [1.165, 1.54) is 0 Å². The average Bonchev–Trinajstić information content (AvgIpc) is 2.84. The van der Waals surface area contributed by atoms with Gasteiger partial charge in [-0.1, -0.05) is 25.9 Å². The topological polar surface area (TPSA) is 74.2 Å². The van der Waals surface area contributed by atoms with Crippen molar-refractivity contribution in [2.75, 3.05) is 0 Å². The van der Waals surface area contributed by atoms with Crippen LogP contribution in [0.15, 0.2) is 4.52 Å². The van der Waals surface area contributed by atoms with Crippen LogP contribution in [0.1, 0.15) is 58.3 Å². The SMILES string of the molecule is CC(C)C(N)c1noc(C2C(C)OC(C)C2C)n1. The van der Waals surface area contributed by atoms with Crippen molar-refractivity contribution in [3.8, 4) is 0 Å². The van der Waals surface area contributed by atoms with Crippen molar-refractivity contribution in [3.63, 3.8) is 0 Å². The van der Waals surface area contributed by atoms with Gasteiger partial charge in [0.15, 0.2) is 5.82 Å². The molecule has 1 aliphatic rings. The smallest absolute Gasteiger partial charge is 0.232 e. The van der Waals surface area contributed by atoms with E-state index in [1.807, 2.05) is 13.8 Å². The van der Waals surface area contributed by atoms with E-state index in [1.54, 1.807) is 0 Å². The highest BCUT2D eigenvalue weighted by atomic mass is 16.5. The third-order valence-corrected chi connectivity index (χ3v) is 4.00. The second-order valence-corrected chi connectivity index (χ2v) is 5.69. The third kappa shape index (κ3) is 2.29. The van der Waals surface area contributed by atoms with Gasteiger partial charge < -0.3 is 15.0 Å². The fourth-order valence-corrected chi connectivity index (χ4v) is 2.51. The van der Waals surface area contributed by atoms with Crippen LogP contribution in [0.2, 0.25) is 0 Å². The summed E-state index contributed by atoms with van der Waals surface area (Å²) in [7, 11) is 0. The highest BCUT2D eigenvalue weighted by molar-refractivity contribution is 5.05. The van der Waals surface area contributed by atoms with E-state index in [0.29, 0.717) is 23.6 Å². The summed E-state index contributed by atoms with van der Waals surface area (Å²) in [5.41, 5.74) is 6.03. The molecule has 0 amide bonds. The summed E-state index contributed by atoms with van der Waals surface area (Å²) in [4.78, 5) is 4.47. The first-order valence-corrected chi connectivity index (χ1v) is 6.66. The standard InChI is InChI=1S/C13H23N3O2/c1-6(2)11(14)12-15-13(18-16-12)10-7(3)8(4)17-9(10)5/h6-11H,14H2,1-5H3. The Bertz CT molecular complexity index is 405. The predicted molar refractivity (Wildman–Crippen MR) is 68.0 cm³/mol. The molecular formula is C13H23N3O2. The number of hydrogen-bond donors (Lipinski definition) is 1. The lowest BCUT2D eigenvalue weighted by atomic mass is 9.89. The van der Waals surface area contributed by atoms with Gasteiger partial charge >= 0.3 is 0 Å². The Balaban J connectivity index is 2.20. The van der Waals surface area contributed by atoms with Crippen LogP contribution < -0.4 is 5.73 Å². The molecule has 5 atom stereocenters. The van der Waals surface area contributed by atoms with E-state index in [4.69, 9.17) is 15.0 Å². The second kappa shape index (κ2) is 4.97. The van der Waals surface area contributed by atoms with Gasteiger partial charge in [0.2, 0.25) is 5.89 Å². The third-order valence-electron chi connectivity index (χ3n) is 4.00. The van der Waals surface area contributed by atoms with Gasteiger partial charge in [-0.25, -0.2) is 0 Å². The maximum Gasteiger partial charge on any atom is 0.232 e. The molecule has 2 rings (SSSR count). The highest BCUT2D eigenvalue weighted by Gasteiger charge is 2.41. The second-order valence-electron chi connectivity index (χ2n) is 5.69. The Morgan fingerprint density at radius 1 is 1.17 bits per heavy atom. The van der Waals surface area contributed by atoms with Crippen molar-refractivity contribution >= 4 is 0 Å². The molecule has 0 spiro atoms. The van der Waals surface area contributed by atoms with Gasteiger partial charge in [-0.2, -0.15) is 4.98 Å². The van der Waals surface area contributed by atoms with Crippen molar-refractivity contribution in [1.82, 2.24) is 10.1 Å². The normalized spacial score (nSPS) is 34.2. The molecule has 102 valence electrons.